The minimum Gasteiger partial charge on any atom is -0.295 e. The average Bonchev–Trinajstić information content (AvgIpc) is 2.78. The summed E-state index contributed by atoms with van der Waals surface area (Å²) in [6.45, 7) is 12.3. The highest BCUT2D eigenvalue weighted by Gasteiger charge is 2.40. The molecule has 2 heterocycles. The summed E-state index contributed by atoms with van der Waals surface area (Å²) < 4.78 is 29.4. The van der Waals surface area contributed by atoms with E-state index in [1.165, 1.54) is 0 Å². The van der Waals surface area contributed by atoms with Crippen LogP contribution in [0.1, 0.15) is 43.5 Å². The lowest BCUT2D eigenvalue weighted by molar-refractivity contribution is 0.0590. The second kappa shape index (κ2) is 9.01. The molecule has 33 heavy (non-hydrogen) atoms. The third-order valence-corrected chi connectivity index (χ3v) is 8.63. The average molecular weight is 464 g/mol. The van der Waals surface area contributed by atoms with Gasteiger partial charge in [0.1, 0.15) is 0 Å². The third-order valence-electron chi connectivity index (χ3n) is 6.56. The molecule has 0 saturated carbocycles. The molecule has 4 rings (SSSR count). The van der Waals surface area contributed by atoms with Crippen molar-refractivity contribution in [2.24, 2.45) is 0 Å². The number of hydrogen-bond donors (Lipinski definition) is 0. The Hall–Kier alpha value is -2.54. The van der Waals surface area contributed by atoms with Crippen LogP contribution >= 0.6 is 0 Å². The Balaban J connectivity index is 1.80. The van der Waals surface area contributed by atoms with Crippen LogP contribution in [0.4, 0.5) is 0 Å². The number of hydrogen-bond acceptors (Lipinski definition) is 4. The zero-order valence-electron chi connectivity index (χ0n) is 20.1. The van der Waals surface area contributed by atoms with E-state index in [0.717, 1.165) is 27.8 Å². The van der Waals surface area contributed by atoms with Crippen molar-refractivity contribution in [2.75, 3.05) is 19.6 Å². The van der Waals surface area contributed by atoms with Crippen LogP contribution in [0, 0.1) is 13.8 Å². The van der Waals surface area contributed by atoms with Crippen molar-refractivity contribution in [2.45, 2.75) is 51.1 Å². The lowest BCUT2D eigenvalue weighted by Gasteiger charge is -2.46. The summed E-state index contributed by atoms with van der Waals surface area (Å²) >= 11 is 0. The summed E-state index contributed by atoms with van der Waals surface area (Å²) in [6.07, 6.45) is 3.66. The van der Waals surface area contributed by atoms with Crippen molar-refractivity contribution in [3.05, 3.63) is 83.7 Å². The van der Waals surface area contributed by atoms with Crippen LogP contribution in [0.15, 0.2) is 71.9 Å². The maximum Gasteiger partial charge on any atom is 0.243 e. The van der Waals surface area contributed by atoms with Crippen LogP contribution in [0.2, 0.25) is 0 Å². The number of pyridine rings is 1. The van der Waals surface area contributed by atoms with Crippen molar-refractivity contribution >= 4 is 10.0 Å². The summed E-state index contributed by atoms with van der Waals surface area (Å²) in [5.41, 5.74) is 5.03. The van der Waals surface area contributed by atoms with Gasteiger partial charge in [-0.3, -0.25) is 9.88 Å². The summed E-state index contributed by atoms with van der Waals surface area (Å²) in [6, 6.07) is 17.3. The quantitative estimate of drug-likeness (QED) is 0.533. The first-order valence-corrected chi connectivity index (χ1v) is 12.9. The van der Waals surface area contributed by atoms with Crippen molar-refractivity contribution < 1.29 is 8.42 Å². The molecule has 0 spiro atoms. The fourth-order valence-corrected chi connectivity index (χ4v) is 6.44. The van der Waals surface area contributed by atoms with Gasteiger partial charge in [-0.15, -0.1) is 0 Å². The molecule has 6 heteroatoms. The number of aryl methyl sites for hydroxylation is 2. The highest BCUT2D eigenvalue weighted by molar-refractivity contribution is 7.89. The zero-order chi connectivity index (χ0) is 23.8. The van der Waals surface area contributed by atoms with E-state index >= 15 is 0 Å². The van der Waals surface area contributed by atoms with Crippen molar-refractivity contribution in [1.29, 1.82) is 0 Å². The highest BCUT2D eigenvalue weighted by Crippen LogP contribution is 2.36. The van der Waals surface area contributed by atoms with E-state index in [9.17, 15) is 8.42 Å². The van der Waals surface area contributed by atoms with Gasteiger partial charge in [-0.1, -0.05) is 36.4 Å². The molecule has 1 fully saturated rings. The Bertz CT molecular complexity index is 1250. The third kappa shape index (κ3) is 4.74. The Kier molecular flexibility index (Phi) is 6.45. The van der Waals surface area contributed by atoms with E-state index in [1.54, 1.807) is 22.6 Å². The second-order valence-electron chi connectivity index (χ2n) is 9.83. The van der Waals surface area contributed by atoms with Crippen molar-refractivity contribution in [3.63, 3.8) is 0 Å². The standard InChI is InChI=1S/C27H33N3O2S/c1-20-9-6-7-12-26(20)33(31,32)30-16-15-29(27(3,4)5)19-25(30)23-11-8-10-22(17-23)24-13-14-28-18-21(24)2/h6-14,17-18,25H,15-16,19H2,1-5H3. The number of aromatic nitrogens is 1. The topological polar surface area (TPSA) is 53.5 Å². The number of rotatable bonds is 4. The molecule has 0 radical (unpaired) electrons. The van der Waals surface area contributed by atoms with Gasteiger partial charge in [-0.05, 0) is 80.6 Å². The molecular formula is C27H33N3O2S. The molecule has 2 aromatic carbocycles. The fraction of sp³-hybridized carbons (Fsp3) is 0.370. The first kappa shape index (κ1) is 23.6. The molecule has 0 amide bonds. The van der Waals surface area contributed by atoms with Crippen LogP contribution in [0.25, 0.3) is 11.1 Å². The van der Waals surface area contributed by atoms with Gasteiger partial charge < -0.3 is 0 Å². The molecule has 3 aromatic rings. The molecule has 1 aliphatic heterocycles. The maximum absolute atomic E-state index is 13.9. The van der Waals surface area contributed by atoms with E-state index in [0.29, 0.717) is 24.5 Å². The normalized spacial score (nSPS) is 18.4. The minimum absolute atomic E-state index is 0.0456. The Morgan fingerprint density at radius 2 is 1.70 bits per heavy atom. The summed E-state index contributed by atoms with van der Waals surface area (Å²) in [4.78, 5) is 6.98. The maximum atomic E-state index is 13.9. The molecule has 0 bridgehead atoms. The number of piperazine rings is 1. The molecule has 5 nitrogen and oxygen atoms in total. The minimum atomic E-state index is -3.65. The molecular weight excluding hydrogens is 430 g/mol. The van der Waals surface area contributed by atoms with Crippen LogP contribution in [-0.2, 0) is 10.0 Å². The fourth-order valence-electron chi connectivity index (χ4n) is 4.62. The lowest BCUT2D eigenvalue weighted by Crippen LogP contribution is -2.55. The van der Waals surface area contributed by atoms with E-state index in [2.05, 4.69) is 48.9 Å². The van der Waals surface area contributed by atoms with Gasteiger partial charge >= 0.3 is 0 Å². The molecule has 1 atom stereocenters. The first-order chi connectivity index (χ1) is 15.6. The van der Waals surface area contributed by atoms with E-state index in [-0.39, 0.29) is 11.6 Å². The van der Waals surface area contributed by atoms with Crippen molar-refractivity contribution in [1.82, 2.24) is 14.2 Å². The smallest absolute Gasteiger partial charge is 0.243 e. The summed E-state index contributed by atoms with van der Waals surface area (Å²) in [5.74, 6) is 0. The number of benzene rings is 2. The molecule has 174 valence electrons. The largest absolute Gasteiger partial charge is 0.295 e. The molecule has 1 aromatic heterocycles. The van der Waals surface area contributed by atoms with Gasteiger partial charge in [0.15, 0.2) is 0 Å². The SMILES string of the molecule is Cc1cnccc1-c1cccc(C2CN(C(C)(C)C)CCN2S(=O)(=O)c2ccccc2C)c1. The van der Waals surface area contributed by atoms with Gasteiger partial charge in [0.25, 0.3) is 0 Å². The van der Waals surface area contributed by atoms with Crippen LogP contribution < -0.4 is 0 Å². The van der Waals surface area contributed by atoms with Gasteiger partial charge in [0, 0.05) is 37.6 Å². The Morgan fingerprint density at radius 1 is 0.939 bits per heavy atom. The van der Waals surface area contributed by atoms with Crippen LogP contribution in [0.3, 0.4) is 0 Å². The van der Waals surface area contributed by atoms with Crippen molar-refractivity contribution in [3.8, 4) is 11.1 Å². The molecule has 1 saturated heterocycles. The van der Waals surface area contributed by atoms with Crippen LogP contribution in [0.5, 0.6) is 0 Å². The number of nitrogens with zero attached hydrogens (tertiary/aromatic N) is 3. The monoisotopic (exact) mass is 463 g/mol. The predicted octanol–water partition coefficient (Wildman–Crippen LogP) is 5.21. The van der Waals surface area contributed by atoms with Gasteiger partial charge in [-0.25, -0.2) is 8.42 Å². The number of sulfonamides is 1. The molecule has 0 aliphatic carbocycles. The summed E-state index contributed by atoms with van der Waals surface area (Å²) in [5, 5.41) is 0. The van der Waals surface area contributed by atoms with Gasteiger partial charge in [-0.2, -0.15) is 4.31 Å². The first-order valence-electron chi connectivity index (χ1n) is 11.4. The second-order valence-corrected chi connectivity index (χ2v) is 11.7. The lowest BCUT2D eigenvalue weighted by atomic mass is 9.95. The Labute approximate surface area is 198 Å². The molecule has 1 aliphatic rings. The molecule has 1 unspecified atom stereocenters. The van der Waals surface area contributed by atoms with E-state index < -0.39 is 10.0 Å². The predicted molar refractivity (Wildman–Crippen MR) is 134 cm³/mol. The Morgan fingerprint density at radius 3 is 2.39 bits per heavy atom. The van der Waals surface area contributed by atoms with Gasteiger partial charge in [0.2, 0.25) is 10.0 Å². The highest BCUT2D eigenvalue weighted by atomic mass is 32.2. The van der Waals surface area contributed by atoms with Crippen LogP contribution in [-0.4, -0.2) is 47.8 Å². The zero-order valence-corrected chi connectivity index (χ0v) is 20.9. The van der Waals surface area contributed by atoms with Gasteiger partial charge in [0.05, 0.1) is 10.9 Å². The summed E-state index contributed by atoms with van der Waals surface area (Å²) in [7, 11) is -3.65. The van der Waals surface area contributed by atoms with E-state index in [1.807, 2.05) is 44.3 Å². The van der Waals surface area contributed by atoms with E-state index in [4.69, 9.17) is 0 Å². The molecule has 0 N–H and O–H groups in total.